The summed E-state index contributed by atoms with van der Waals surface area (Å²) >= 11 is 0. The molecule has 0 spiro atoms. The van der Waals surface area contributed by atoms with Crippen molar-refractivity contribution in [1.29, 1.82) is 0 Å². The number of hydrogen-bond acceptors (Lipinski definition) is 0. The first-order valence-electron chi connectivity index (χ1n) is 20.2. The van der Waals surface area contributed by atoms with E-state index in [1.165, 1.54) is 82.7 Å². The Balaban J connectivity index is 1.46. The Morgan fingerprint density at radius 2 is 0.621 bits per heavy atom. The van der Waals surface area contributed by atoms with Crippen molar-refractivity contribution in [2.24, 2.45) is 0 Å². The fourth-order valence-electron chi connectivity index (χ4n) is 9.60. The normalized spacial score (nSPS) is 15.0. The first-order chi connectivity index (χ1) is 28.8. The monoisotopic (exact) mass is 754 g/mol. The summed E-state index contributed by atoms with van der Waals surface area (Å²) in [7, 11) is -1.87. The van der Waals surface area contributed by atoms with Gasteiger partial charge in [-0.3, -0.25) is 0 Å². The molecule has 1 heteroatoms. The van der Waals surface area contributed by atoms with Gasteiger partial charge in [-0.1, -0.05) is 243 Å². The van der Waals surface area contributed by atoms with Crippen LogP contribution in [0.15, 0.2) is 248 Å². The molecule has 0 N–H and O–H groups in total. The molecule has 10 rings (SSSR count). The van der Waals surface area contributed by atoms with E-state index in [9.17, 15) is 0 Å². The molecule has 0 saturated carbocycles. The van der Waals surface area contributed by atoms with Crippen LogP contribution in [0.2, 0.25) is 0 Å². The molecule has 274 valence electrons. The van der Waals surface area contributed by atoms with E-state index >= 15 is 0 Å². The van der Waals surface area contributed by atoms with Crippen molar-refractivity contribution in [2.45, 2.75) is 11.5 Å². The molecule has 0 unspecified atom stereocenters. The molecule has 0 fully saturated rings. The van der Waals surface area contributed by atoms with Gasteiger partial charge in [0.05, 0.1) is 13.4 Å². The molecule has 0 atom stereocenters. The number of benzene rings is 8. The van der Waals surface area contributed by atoms with E-state index in [0.29, 0.717) is 0 Å². The largest absolute Gasteiger partial charge is 0.0731 e. The maximum absolute atomic E-state index is 2.40. The van der Waals surface area contributed by atoms with Crippen molar-refractivity contribution >= 4 is 41.4 Å². The minimum Gasteiger partial charge on any atom is -0.0622 e. The molecule has 0 amide bonds. The average molecular weight is 755 g/mol. The minimum atomic E-state index is -1.87. The summed E-state index contributed by atoms with van der Waals surface area (Å²) in [6, 6.07) is 90.2. The summed E-state index contributed by atoms with van der Waals surface area (Å²) in [6.45, 7) is 0. The summed E-state index contributed by atoms with van der Waals surface area (Å²) in [5.41, 5.74) is 17.0. The zero-order valence-electron chi connectivity index (χ0n) is 32.3. The Hall–Kier alpha value is -6.93. The highest BCUT2D eigenvalue weighted by atomic mass is 28.2. The Morgan fingerprint density at radius 1 is 0.293 bits per heavy atom. The van der Waals surface area contributed by atoms with Gasteiger partial charge in [0.1, 0.15) is 0 Å². The van der Waals surface area contributed by atoms with Crippen molar-refractivity contribution < 1.29 is 0 Å². The quantitative estimate of drug-likeness (QED) is 0.129. The van der Waals surface area contributed by atoms with E-state index in [1.54, 1.807) is 0 Å². The lowest BCUT2D eigenvalue weighted by Crippen LogP contribution is -2.42. The predicted molar refractivity (Wildman–Crippen MR) is 247 cm³/mol. The van der Waals surface area contributed by atoms with Crippen LogP contribution in [0.4, 0.5) is 0 Å². The van der Waals surface area contributed by atoms with Crippen molar-refractivity contribution in [3.05, 3.63) is 292 Å². The molecule has 0 nitrogen and oxygen atoms in total. The van der Waals surface area contributed by atoms with Gasteiger partial charge in [-0.2, -0.15) is 0 Å². The maximum atomic E-state index is 2.40. The predicted octanol–water partition coefficient (Wildman–Crippen LogP) is 13.4. The van der Waals surface area contributed by atoms with Gasteiger partial charge < -0.3 is 0 Å². The lowest BCUT2D eigenvalue weighted by atomic mass is 9.76. The second-order valence-electron chi connectivity index (χ2n) is 15.1. The van der Waals surface area contributed by atoms with Gasteiger partial charge in [-0.05, 0) is 89.2 Å². The lowest BCUT2D eigenvalue weighted by molar-refractivity contribution is 0.930. The van der Waals surface area contributed by atoms with Crippen LogP contribution in [0.25, 0.3) is 27.9 Å². The highest BCUT2D eigenvalue weighted by Crippen LogP contribution is 2.58. The third-order valence-corrected chi connectivity index (χ3v) is 15.5. The SMILES string of the molecule is c1ccc(C2=C(c3ccccc3)C(c3ccccc3)=C([Si]3=C(c4ccccc4)C(c4ccccc4)=C(c4ccccc4)C3(c3ccccc3)c3ccccc3)C2)cc1. The Kier molecular flexibility index (Phi) is 9.51. The van der Waals surface area contributed by atoms with E-state index in [-0.39, 0.29) is 0 Å². The zero-order chi connectivity index (χ0) is 38.7. The van der Waals surface area contributed by atoms with Gasteiger partial charge in [0.15, 0.2) is 0 Å². The molecular formula is C57H42Si. The summed E-state index contributed by atoms with van der Waals surface area (Å²) in [5.74, 6) is 0. The van der Waals surface area contributed by atoms with E-state index in [4.69, 9.17) is 0 Å². The van der Waals surface area contributed by atoms with E-state index in [0.717, 1.165) is 6.42 Å². The average Bonchev–Trinajstić information content (AvgIpc) is 3.87. The molecular weight excluding hydrogens is 713 g/mol. The van der Waals surface area contributed by atoms with Crippen LogP contribution in [0.3, 0.4) is 0 Å². The lowest BCUT2D eigenvalue weighted by Gasteiger charge is -2.39. The third-order valence-electron chi connectivity index (χ3n) is 11.9. The van der Waals surface area contributed by atoms with Gasteiger partial charge in [-0.25, -0.2) is 0 Å². The molecule has 0 radical (unpaired) electrons. The van der Waals surface area contributed by atoms with Crippen molar-refractivity contribution in [1.82, 2.24) is 0 Å². The molecule has 0 saturated heterocycles. The molecule has 1 aliphatic carbocycles. The Morgan fingerprint density at radius 3 is 1.05 bits per heavy atom. The van der Waals surface area contributed by atoms with Crippen molar-refractivity contribution in [3.63, 3.8) is 0 Å². The first kappa shape index (κ1) is 35.5. The summed E-state index contributed by atoms with van der Waals surface area (Å²) < 4.78 is 0. The second kappa shape index (κ2) is 15.5. The van der Waals surface area contributed by atoms with Crippen LogP contribution in [-0.4, -0.2) is 13.6 Å². The van der Waals surface area contributed by atoms with Crippen LogP contribution < -0.4 is 0 Å². The molecule has 2 aliphatic rings. The number of rotatable bonds is 9. The molecule has 8 aromatic rings. The topological polar surface area (TPSA) is 0 Å². The van der Waals surface area contributed by atoms with Gasteiger partial charge in [-0.15, -0.1) is 0 Å². The van der Waals surface area contributed by atoms with Crippen LogP contribution in [0.1, 0.15) is 50.9 Å². The third kappa shape index (κ3) is 6.03. The Labute approximate surface area is 343 Å². The highest BCUT2D eigenvalue weighted by molar-refractivity contribution is 6.94. The maximum Gasteiger partial charge on any atom is 0.0731 e. The molecule has 0 aromatic heterocycles. The van der Waals surface area contributed by atoms with Gasteiger partial charge in [0, 0.05) is 0 Å². The first-order valence-corrected chi connectivity index (χ1v) is 21.7. The fourth-order valence-corrected chi connectivity index (χ4v) is 14.0. The van der Waals surface area contributed by atoms with Crippen LogP contribution in [0.5, 0.6) is 0 Å². The van der Waals surface area contributed by atoms with Gasteiger partial charge in [0.25, 0.3) is 0 Å². The fraction of sp³-hybridized carbons (Fsp3) is 0.0351. The molecule has 0 bridgehead atoms. The molecule has 58 heavy (non-hydrogen) atoms. The number of allylic oxidation sites excluding steroid dienone is 6. The number of hydrogen-bond donors (Lipinski definition) is 0. The summed E-state index contributed by atoms with van der Waals surface area (Å²) in [4.78, 5) is 0. The van der Waals surface area contributed by atoms with E-state index < -0.39 is 13.4 Å². The molecule has 1 aliphatic heterocycles. The van der Waals surface area contributed by atoms with E-state index in [2.05, 4.69) is 243 Å². The van der Waals surface area contributed by atoms with Crippen LogP contribution in [-0.2, 0) is 5.04 Å². The molecule has 8 aromatic carbocycles. The summed E-state index contributed by atoms with van der Waals surface area (Å²) in [5, 5.41) is 2.45. The van der Waals surface area contributed by atoms with E-state index in [1.807, 2.05) is 0 Å². The van der Waals surface area contributed by atoms with Crippen LogP contribution in [0, 0.1) is 0 Å². The zero-order valence-corrected chi connectivity index (χ0v) is 33.3. The summed E-state index contributed by atoms with van der Waals surface area (Å²) in [6.07, 6.45) is 0.842. The Bertz CT molecular complexity index is 2780. The van der Waals surface area contributed by atoms with Gasteiger partial charge in [0.2, 0.25) is 0 Å². The smallest absolute Gasteiger partial charge is 0.0622 e. The minimum absolute atomic E-state index is 0.534. The second-order valence-corrected chi connectivity index (χ2v) is 17.7. The standard InChI is InChI=1S/C57H42Si/c1-9-25-42(26-10-1)50-41-51(53(44-29-13-3-14-30-44)52(50)43-27-11-2-12-28-43)58-56(47-35-19-6-20-36-47)54(45-31-15-4-16-32-45)55(46-33-17-5-18-34-46)57(58,48-37-21-7-22-38-48)49-39-23-8-24-40-49/h1-40H,41H2. The molecule has 1 heterocycles. The van der Waals surface area contributed by atoms with Crippen LogP contribution >= 0.6 is 0 Å². The van der Waals surface area contributed by atoms with Gasteiger partial charge >= 0.3 is 0 Å². The van der Waals surface area contributed by atoms with Crippen molar-refractivity contribution in [2.75, 3.05) is 0 Å². The van der Waals surface area contributed by atoms with Crippen molar-refractivity contribution in [3.8, 4) is 0 Å². The highest BCUT2D eigenvalue weighted by Gasteiger charge is 2.53.